The summed E-state index contributed by atoms with van der Waals surface area (Å²) in [5, 5.41) is 0. The van der Waals surface area contributed by atoms with Crippen LogP contribution in [0.4, 0.5) is 0 Å². The minimum absolute atomic E-state index is 0.0974. The fourth-order valence-electron chi connectivity index (χ4n) is 1.02. The standard InChI is InChI=1S/C9H8N2Se/c1-7-2-4-8(5-3-7)9-6-10-12-11-9/h2-6H,1H3. The van der Waals surface area contributed by atoms with Crippen LogP contribution >= 0.6 is 0 Å². The molecule has 2 aromatic rings. The molecule has 0 saturated heterocycles. The molecule has 0 aliphatic heterocycles. The summed E-state index contributed by atoms with van der Waals surface area (Å²) in [7, 11) is 0. The second-order valence-electron chi connectivity index (χ2n) is 2.66. The van der Waals surface area contributed by atoms with Crippen molar-refractivity contribution in [1.29, 1.82) is 0 Å². The van der Waals surface area contributed by atoms with Gasteiger partial charge in [-0.25, -0.2) is 0 Å². The Hall–Kier alpha value is -0.921. The molecule has 0 spiro atoms. The first-order chi connectivity index (χ1) is 5.86. The number of nitrogens with zero attached hydrogens (tertiary/aromatic N) is 2. The van der Waals surface area contributed by atoms with E-state index < -0.39 is 0 Å². The Kier molecular flexibility index (Phi) is 2.07. The summed E-state index contributed by atoms with van der Waals surface area (Å²) < 4.78 is 8.39. The van der Waals surface area contributed by atoms with Crippen LogP contribution in [0.5, 0.6) is 0 Å². The molecule has 2 rings (SSSR count). The van der Waals surface area contributed by atoms with E-state index in [9.17, 15) is 0 Å². The average molecular weight is 223 g/mol. The van der Waals surface area contributed by atoms with Gasteiger partial charge >= 0.3 is 77.1 Å². The molecule has 0 radical (unpaired) electrons. The SMILES string of the molecule is Cc1ccc(-c2cn[se]n2)cc1. The van der Waals surface area contributed by atoms with E-state index in [0.717, 1.165) is 5.69 Å². The van der Waals surface area contributed by atoms with Crippen LogP contribution in [0.25, 0.3) is 11.3 Å². The second kappa shape index (κ2) is 3.21. The molecular weight excluding hydrogens is 215 g/mol. The molecule has 0 atom stereocenters. The van der Waals surface area contributed by atoms with Crippen molar-refractivity contribution in [2.45, 2.75) is 6.92 Å². The van der Waals surface area contributed by atoms with Crippen molar-refractivity contribution < 1.29 is 0 Å². The quantitative estimate of drug-likeness (QED) is 0.685. The van der Waals surface area contributed by atoms with Crippen molar-refractivity contribution in [3.05, 3.63) is 36.0 Å². The van der Waals surface area contributed by atoms with Gasteiger partial charge in [0.2, 0.25) is 0 Å². The molecule has 60 valence electrons. The molecule has 0 amide bonds. The van der Waals surface area contributed by atoms with Crippen molar-refractivity contribution >= 4 is 15.0 Å². The van der Waals surface area contributed by atoms with Crippen LogP contribution in [0.2, 0.25) is 0 Å². The molecule has 1 aromatic heterocycles. The summed E-state index contributed by atoms with van der Waals surface area (Å²) in [6.45, 7) is 2.08. The van der Waals surface area contributed by atoms with E-state index in [1.165, 1.54) is 11.1 Å². The minimum atomic E-state index is 0.0974. The maximum atomic E-state index is 4.29. The normalized spacial score (nSPS) is 10.1. The Balaban J connectivity index is 2.43. The first kappa shape index (κ1) is 7.71. The second-order valence-corrected chi connectivity index (χ2v) is 3.83. The zero-order valence-corrected chi connectivity index (χ0v) is 8.40. The van der Waals surface area contributed by atoms with Crippen LogP contribution in [0, 0.1) is 6.92 Å². The Morgan fingerprint density at radius 1 is 1.17 bits per heavy atom. The summed E-state index contributed by atoms with van der Waals surface area (Å²) in [4.78, 5) is 0. The van der Waals surface area contributed by atoms with Crippen molar-refractivity contribution in [1.82, 2.24) is 7.96 Å². The van der Waals surface area contributed by atoms with E-state index >= 15 is 0 Å². The molecule has 0 saturated carbocycles. The molecule has 1 heterocycles. The van der Waals surface area contributed by atoms with Gasteiger partial charge in [-0.2, -0.15) is 0 Å². The molecular formula is C9H8N2Se. The number of aryl methyl sites for hydroxylation is 1. The molecule has 1 aromatic carbocycles. The van der Waals surface area contributed by atoms with Gasteiger partial charge in [-0.05, 0) is 0 Å². The zero-order valence-electron chi connectivity index (χ0n) is 6.69. The first-order valence-corrected chi connectivity index (χ1v) is 5.24. The van der Waals surface area contributed by atoms with E-state index in [2.05, 4.69) is 39.1 Å². The Bertz CT molecular complexity index is 351. The fraction of sp³-hybridized carbons (Fsp3) is 0.111. The van der Waals surface area contributed by atoms with E-state index in [1.54, 1.807) is 0 Å². The Labute approximate surface area is 77.5 Å². The van der Waals surface area contributed by atoms with Crippen LogP contribution in [-0.2, 0) is 0 Å². The maximum absolute atomic E-state index is 4.29. The number of aromatic nitrogens is 2. The van der Waals surface area contributed by atoms with Crippen LogP contribution in [0.3, 0.4) is 0 Å². The molecule has 0 unspecified atom stereocenters. The van der Waals surface area contributed by atoms with Gasteiger partial charge in [0.15, 0.2) is 0 Å². The van der Waals surface area contributed by atoms with Crippen molar-refractivity contribution in [3.8, 4) is 11.3 Å². The van der Waals surface area contributed by atoms with E-state index in [-0.39, 0.29) is 15.0 Å². The van der Waals surface area contributed by atoms with Crippen LogP contribution in [0.1, 0.15) is 5.56 Å². The summed E-state index contributed by atoms with van der Waals surface area (Å²) in [5.41, 5.74) is 3.47. The van der Waals surface area contributed by atoms with Crippen molar-refractivity contribution in [3.63, 3.8) is 0 Å². The van der Waals surface area contributed by atoms with Gasteiger partial charge in [-0.15, -0.1) is 0 Å². The predicted molar refractivity (Wildman–Crippen MR) is 49.1 cm³/mol. The molecule has 0 aliphatic carbocycles. The topological polar surface area (TPSA) is 25.8 Å². The van der Waals surface area contributed by atoms with Crippen LogP contribution in [-0.4, -0.2) is 22.9 Å². The van der Waals surface area contributed by atoms with Gasteiger partial charge in [-0.3, -0.25) is 0 Å². The summed E-state index contributed by atoms with van der Waals surface area (Å²) in [5.74, 6) is 0. The molecule has 0 aliphatic rings. The van der Waals surface area contributed by atoms with Gasteiger partial charge in [0.1, 0.15) is 0 Å². The summed E-state index contributed by atoms with van der Waals surface area (Å²) in [6, 6.07) is 8.36. The predicted octanol–water partition coefficient (Wildman–Crippen LogP) is 1.51. The summed E-state index contributed by atoms with van der Waals surface area (Å²) in [6.07, 6.45) is 1.85. The monoisotopic (exact) mass is 224 g/mol. The third kappa shape index (κ3) is 1.47. The fourth-order valence-corrected chi connectivity index (χ4v) is 1.93. The third-order valence-electron chi connectivity index (χ3n) is 1.71. The van der Waals surface area contributed by atoms with Gasteiger partial charge < -0.3 is 0 Å². The van der Waals surface area contributed by atoms with Crippen LogP contribution in [0.15, 0.2) is 30.5 Å². The summed E-state index contributed by atoms with van der Waals surface area (Å²) >= 11 is 0.0974. The van der Waals surface area contributed by atoms with Crippen molar-refractivity contribution in [2.24, 2.45) is 0 Å². The van der Waals surface area contributed by atoms with Crippen LogP contribution < -0.4 is 0 Å². The molecule has 0 N–H and O–H groups in total. The number of hydrogen-bond acceptors (Lipinski definition) is 2. The number of rotatable bonds is 1. The molecule has 12 heavy (non-hydrogen) atoms. The van der Waals surface area contributed by atoms with Gasteiger partial charge in [0.05, 0.1) is 0 Å². The van der Waals surface area contributed by atoms with E-state index in [0.29, 0.717) is 0 Å². The first-order valence-electron chi connectivity index (χ1n) is 3.71. The number of benzene rings is 1. The molecule has 0 bridgehead atoms. The molecule has 3 heteroatoms. The zero-order chi connectivity index (χ0) is 8.39. The van der Waals surface area contributed by atoms with E-state index in [1.807, 2.05) is 6.20 Å². The number of hydrogen-bond donors (Lipinski definition) is 0. The van der Waals surface area contributed by atoms with Gasteiger partial charge in [-0.1, -0.05) is 0 Å². The van der Waals surface area contributed by atoms with Gasteiger partial charge in [0.25, 0.3) is 0 Å². The Morgan fingerprint density at radius 3 is 2.50 bits per heavy atom. The molecule has 0 fully saturated rings. The van der Waals surface area contributed by atoms with Gasteiger partial charge in [0, 0.05) is 0 Å². The Morgan fingerprint density at radius 2 is 1.92 bits per heavy atom. The van der Waals surface area contributed by atoms with E-state index in [4.69, 9.17) is 0 Å². The third-order valence-corrected chi connectivity index (χ3v) is 2.71. The average Bonchev–Trinajstić information content (AvgIpc) is 2.58. The van der Waals surface area contributed by atoms with Crippen molar-refractivity contribution in [2.75, 3.05) is 0 Å². The molecule has 2 nitrogen and oxygen atoms in total.